The zero-order valence-electron chi connectivity index (χ0n) is 15.8. The lowest BCUT2D eigenvalue weighted by atomic mass is 10.1. The van der Waals surface area contributed by atoms with Crippen LogP contribution in [0.4, 0.5) is 0 Å². The van der Waals surface area contributed by atoms with Gasteiger partial charge >= 0.3 is 0 Å². The zero-order valence-corrected chi connectivity index (χ0v) is 15.8. The Bertz CT molecular complexity index is 658. The highest BCUT2D eigenvalue weighted by Crippen LogP contribution is 2.29. The average molecular weight is 359 g/mol. The second-order valence-corrected chi connectivity index (χ2v) is 6.14. The average Bonchev–Trinajstić information content (AvgIpc) is 2.70. The van der Waals surface area contributed by atoms with Gasteiger partial charge in [0.25, 0.3) is 0 Å². The number of nitrogens with one attached hydrogen (secondary N) is 1. The molecule has 2 N–H and O–H groups in total. The summed E-state index contributed by atoms with van der Waals surface area (Å²) in [6, 6.07) is 13.7. The molecule has 0 aliphatic heterocycles. The topological polar surface area (TPSA) is 60.0 Å². The van der Waals surface area contributed by atoms with Gasteiger partial charge in [-0.05, 0) is 61.2 Å². The van der Waals surface area contributed by atoms with E-state index < -0.39 is 6.10 Å². The molecule has 0 radical (unpaired) electrons. The first-order valence-electron chi connectivity index (χ1n) is 8.91. The van der Waals surface area contributed by atoms with Gasteiger partial charge < -0.3 is 24.6 Å². The van der Waals surface area contributed by atoms with Crippen LogP contribution in [-0.4, -0.2) is 39.5 Å². The van der Waals surface area contributed by atoms with Crippen molar-refractivity contribution in [3.8, 4) is 17.2 Å². The first-order chi connectivity index (χ1) is 12.7. The van der Waals surface area contributed by atoms with Crippen LogP contribution in [-0.2, 0) is 6.42 Å². The number of hydrogen-bond donors (Lipinski definition) is 2. The van der Waals surface area contributed by atoms with Crippen molar-refractivity contribution in [2.24, 2.45) is 0 Å². The van der Waals surface area contributed by atoms with Gasteiger partial charge in [0, 0.05) is 6.54 Å². The lowest BCUT2D eigenvalue weighted by molar-refractivity contribution is 0.174. The Morgan fingerprint density at radius 2 is 1.62 bits per heavy atom. The molecule has 142 valence electrons. The highest BCUT2D eigenvalue weighted by atomic mass is 16.5. The summed E-state index contributed by atoms with van der Waals surface area (Å²) >= 11 is 0. The van der Waals surface area contributed by atoms with Gasteiger partial charge in [0.2, 0.25) is 0 Å². The first kappa shape index (κ1) is 20.1. The van der Waals surface area contributed by atoms with Crippen LogP contribution in [0.1, 0.15) is 30.1 Å². The highest BCUT2D eigenvalue weighted by Gasteiger charge is 2.11. The second-order valence-electron chi connectivity index (χ2n) is 6.14. The molecule has 0 saturated carbocycles. The van der Waals surface area contributed by atoms with Crippen molar-refractivity contribution in [3.63, 3.8) is 0 Å². The quantitative estimate of drug-likeness (QED) is 0.603. The Balaban J connectivity index is 1.67. The molecule has 0 bridgehead atoms. The smallest absolute Gasteiger partial charge is 0.161 e. The van der Waals surface area contributed by atoms with Crippen LogP contribution in [0.5, 0.6) is 17.2 Å². The maximum Gasteiger partial charge on any atom is 0.161 e. The summed E-state index contributed by atoms with van der Waals surface area (Å²) in [6.45, 7) is 1.39. The van der Waals surface area contributed by atoms with E-state index in [2.05, 4.69) is 17.4 Å². The van der Waals surface area contributed by atoms with Gasteiger partial charge in [-0.15, -0.1) is 0 Å². The van der Waals surface area contributed by atoms with Gasteiger partial charge in [-0.1, -0.05) is 18.2 Å². The molecule has 0 saturated heterocycles. The van der Waals surface area contributed by atoms with Gasteiger partial charge in [0.15, 0.2) is 11.5 Å². The highest BCUT2D eigenvalue weighted by molar-refractivity contribution is 5.43. The van der Waals surface area contributed by atoms with Crippen LogP contribution in [0.15, 0.2) is 42.5 Å². The maximum atomic E-state index is 10.3. The van der Waals surface area contributed by atoms with Crippen LogP contribution in [0, 0.1) is 0 Å². The molecule has 2 aromatic rings. The molecule has 0 aromatic heterocycles. The summed E-state index contributed by atoms with van der Waals surface area (Å²) in [5.41, 5.74) is 2.13. The number of ether oxygens (including phenoxy) is 3. The lowest BCUT2D eigenvalue weighted by Crippen LogP contribution is -2.22. The fourth-order valence-electron chi connectivity index (χ4n) is 2.79. The van der Waals surface area contributed by atoms with E-state index in [1.165, 1.54) is 5.56 Å². The molecule has 26 heavy (non-hydrogen) atoms. The molecule has 2 rings (SSSR count). The summed E-state index contributed by atoms with van der Waals surface area (Å²) in [5, 5.41) is 13.6. The minimum absolute atomic E-state index is 0.512. The number of hydrogen-bond acceptors (Lipinski definition) is 5. The van der Waals surface area contributed by atoms with E-state index in [1.807, 2.05) is 30.3 Å². The number of aryl methyl sites for hydroxylation is 1. The Labute approximate surface area is 155 Å². The molecule has 0 heterocycles. The number of methoxy groups -OCH3 is 3. The molecule has 0 unspecified atom stereocenters. The van der Waals surface area contributed by atoms with E-state index in [1.54, 1.807) is 21.3 Å². The molecule has 5 nitrogen and oxygen atoms in total. The molecular weight excluding hydrogens is 330 g/mol. The Morgan fingerprint density at radius 1 is 0.885 bits per heavy atom. The minimum atomic E-state index is -0.573. The maximum absolute atomic E-state index is 10.3. The third-order valence-electron chi connectivity index (χ3n) is 4.36. The summed E-state index contributed by atoms with van der Waals surface area (Å²) in [4.78, 5) is 0. The van der Waals surface area contributed by atoms with E-state index in [0.717, 1.165) is 37.1 Å². The molecule has 2 aromatic carbocycles. The molecule has 0 amide bonds. The SMILES string of the molecule is COc1ccc(CCCCNC[C@H](O)c2ccc(OC)c(OC)c2)cc1. The normalized spacial score (nSPS) is 11.8. The van der Waals surface area contributed by atoms with E-state index in [4.69, 9.17) is 14.2 Å². The number of aliphatic hydroxyl groups excluding tert-OH is 1. The molecule has 5 heteroatoms. The fraction of sp³-hybridized carbons (Fsp3) is 0.429. The number of benzene rings is 2. The number of unbranched alkanes of at least 4 members (excludes halogenated alkanes) is 1. The van der Waals surface area contributed by atoms with E-state index in [0.29, 0.717) is 18.0 Å². The molecule has 0 spiro atoms. The van der Waals surface area contributed by atoms with E-state index >= 15 is 0 Å². The van der Waals surface area contributed by atoms with Crippen molar-refractivity contribution in [1.29, 1.82) is 0 Å². The largest absolute Gasteiger partial charge is 0.497 e. The summed E-state index contributed by atoms with van der Waals surface area (Å²) in [6.07, 6.45) is 2.64. The Hall–Kier alpha value is -2.24. The Kier molecular flexibility index (Phi) is 8.25. The summed E-state index contributed by atoms with van der Waals surface area (Å²) < 4.78 is 15.7. The van der Waals surface area contributed by atoms with Gasteiger partial charge in [-0.2, -0.15) is 0 Å². The van der Waals surface area contributed by atoms with Crippen molar-refractivity contribution in [2.75, 3.05) is 34.4 Å². The van der Waals surface area contributed by atoms with E-state index in [-0.39, 0.29) is 0 Å². The predicted octanol–water partition coefficient (Wildman–Crippen LogP) is 3.36. The van der Waals surface area contributed by atoms with Crippen LogP contribution in [0.3, 0.4) is 0 Å². The lowest BCUT2D eigenvalue weighted by Gasteiger charge is -2.15. The van der Waals surface area contributed by atoms with Gasteiger partial charge in [-0.3, -0.25) is 0 Å². The molecule has 1 atom stereocenters. The first-order valence-corrected chi connectivity index (χ1v) is 8.91. The van der Waals surface area contributed by atoms with Crippen LogP contribution in [0.25, 0.3) is 0 Å². The van der Waals surface area contributed by atoms with Crippen LogP contribution < -0.4 is 19.5 Å². The van der Waals surface area contributed by atoms with Crippen molar-refractivity contribution < 1.29 is 19.3 Å². The third-order valence-corrected chi connectivity index (χ3v) is 4.36. The molecule has 0 aliphatic rings. The van der Waals surface area contributed by atoms with Gasteiger partial charge in [-0.25, -0.2) is 0 Å². The molecule has 0 aliphatic carbocycles. The van der Waals surface area contributed by atoms with Crippen molar-refractivity contribution in [1.82, 2.24) is 5.32 Å². The number of rotatable bonds is 11. The third kappa shape index (κ3) is 5.93. The zero-order chi connectivity index (χ0) is 18.8. The number of aliphatic hydroxyl groups is 1. The minimum Gasteiger partial charge on any atom is -0.497 e. The molecular formula is C21H29NO4. The second kappa shape index (κ2) is 10.7. The van der Waals surface area contributed by atoms with Crippen molar-refractivity contribution in [2.45, 2.75) is 25.4 Å². The van der Waals surface area contributed by atoms with Gasteiger partial charge in [0.1, 0.15) is 5.75 Å². The van der Waals surface area contributed by atoms with E-state index in [9.17, 15) is 5.11 Å². The fourth-order valence-corrected chi connectivity index (χ4v) is 2.79. The monoisotopic (exact) mass is 359 g/mol. The summed E-state index contributed by atoms with van der Waals surface area (Å²) in [5.74, 6) is 2.18. The van der Waals surface area contributed by atoms with Crippen molar-refractivity contribution in [3.05, 3.63) is 53.6 Å². The standard InChI is InChI=1S/C21H29NO4/c1-24-18-10-7-16(8-11-18)6-4-5-13-22-15-19(23)17-9-12-20(25-2)21(14-17)26-3/h7-12,14,19,22-23H,4-6,13,15H2,1-3H3/t19-/m0/s1. The predicted molar refractivity (Wildman–Crippen MR) is 103 cm³/mol. The van der Waals surface area contributed by atoms with Crippen molar-refractivity contribution >= 4 is 0 Å². The van der Waals surface area contributed by atoms with Crippen LogP contribution >= 0.6 is 0 Å². The van der Waals surface area contributed by atoms with Crippen LogP contribution in [0.2, 0.25) is 0 Å². The summed E-state index contributed by atoms with van der Waals surface area (Å²) in [7, 11) is 4.87. The van der Waals surface area contributed by atoms with Gasteiger partial charge in [0.05, 0.1) is 27.4 Å². The Morgan fingerprint density at radius 3 is 2.27 bits per heavy atom. The molecule has 0 fully saturated rings.